The number of anilines is 2. The van der Waals surface area contributed by atoms with Crippen molar-refractivity contribution < 1.29 is 26.4 Å². The first kappa shape index (κ1) is 29.7. The largest absolute Gasteiger partial charge is 0.420 e. The third kappa shape index (κ3) is 5.74. The molecule has 2 aromatic heterocycles. The summed E-state index contributed by atoms with van der Waals surface area (Å²) in [5, 5.41) is 3.17. The maximum absolute atomic E-state index is 14.2. The summed E-state index contributed by atoms with van der Waals surface area (Å²) in [6.07, 6.45) is 1.82. The highest BCUT2D eigenvalue weighted by molar-refractivity contribution is 7.91. The van der Waals surface area contributed by atoms with Crippen molar-refractivity contribution in [2.24, 2.45) is 0 Å². The minimum atomic E-state index is -4.79. The molecule has 3 aromatic rings. The zero-order chi connectivity index (χ0) is 30.8. The Morgan fingerprint density at radius 2 is 1.77 bits per heavy atom. The van der Waals surface area contributed by atoms with Crippen LogP contribution in [0.5, 0.6) is 0 Å². The molecule has 3 fully saturated rings. The summed E-state index contributed by atoms with van der Waals surface area (Å²) in [4.78, 5) is 25.3. The molecule has 0 unspecified atom stereocenters. The Morgan fingerprint density at radius 3 is 2.43 bits per heavy atom. The van der Waals surface area contributed by atoms with Crippen LogP contribution < -0.4 is 5.32 Å². The van der Waals surface area contributed by atoms with Gasteiger partial charge in [-0.05, 0) is 93.3 Å². The molecule has 13 heteroatoms. The predicted molar refractivity (Wildman–Crippen MR) is 162 cm³/mol. The molecule has 1 saturated heterocycles. The average Bonchev–Trinajstić information content (AvgIpc) is 3.94. The number of rotatable bonds is 7. The van der Waals surface area contributed by atoms with Crippen LogP contribution in [0.3, 0.4) is 0 Å². The highest BCUT2D eigenvalue weighted by Gasteiger charge is 2.42. The molecule has 4 heterocycles. The fourth-order valence-corrected chi connectivity index (χ4v) is 9.31. The Kier molecular flexibility index (Phi) is 7.48. The Labute approximate surface area is 258 Å². The van der Waals surface area contributed by atoms with Gasteiger partial charge in [-0.25, -0.2) is 18.4 Å². The minimum absolute atomic E-state index is 0.0173. The number of nitrogens with zero attached hydrogens (tertiary/aromatic N) is 4. The number of aromatic nitrogens is 2. The number of carbonyl (C=O) groups excluding carboxylic acids is 1. The van der Waals surface area contributed by atoms with Crippen LogP contribution >= 0.6 is 11.3 Å². The van der Waals surface area contributed by atoms with Gasteiger partial charge in [-0.3, -0.25) is 4.79 Å². The lowest BCUT2D eigenvalue weighted by Crippen LogP contribution is -2.34. The number of sulfone groups is 1. The van der Waals surface area contributed by atoms with E-state index in [2.05, 4.69) is 39.2 Å². The quantitative estimate of drug-likeness (QED) is 0.316. The van der Waals surface area contributed by atoms with E-state index < -0.39 is 33.2 Å². The smallest absolute Gasteiger partial charge is 0.334 e. The van der Waals surface area contributed by atoms with E-state index in [0.29, 0.717) is 11.8 Å². The lowest BCUT2D eigenvalue weighted by Gasteiger charge is -2.31. The Balaban J connectivity index is 1.23. The maximum atomic E-state index is 14.2. The van der Waals surface area contributed by atoms with Crippen LogP contribution in [-0.2, 0) is 16.0 Å². The number of likely N-dealkylation sites (tertiary alicyclic amines) is 1. The molecule has 234 valence electrons. The Morgan fingerprint density at radius 1 is 1.02 bits per heavy atom. The second kappa shape index (κ2) is 11.1. The lowest BCUT2D eigenvalue weighted by atomic mass is 9.87. The highest BCUT2D eigenvalue weighted by atomic mass is 32.2. The molecule has 8 nitrogen and oxygen atoms in total. The van der Waals surface area contributed by atoms with E-state index in [9.17, 15) is 26.4 Å². The molecule has 1 amide bonds. The fourth-order valence-electron chi connectivity index (χ4n) is 6.39. The van der Waals surface area contributed by atoms with Crippen LogP contribution in [0.15, 0.2) is 35.4 Å². The lowest BCUT2D eigenvalue weighted by molar-refractivity contribution is -0.137. The van der Waals surface area contributed by atoms with Crippen molar-refractivity contribution in [3.8, 4) is 10.6 Å². The van der Waals surface area contributed by atoms with Crippen molar-refractivity contribution in [1.29, 1.82) is 0 Å². The number of benzene rings is 1. The van der Waals surface area contributed by atoms with Gasteiger partial charge in [-0.1, -0.05) is 19.1 Å². The summed E-state index contributed by atoms with van der Waals surface area (Å²) in [5.74, 6) is 0.119. The van der Waals surface area contributed by atoms with Crippen LogP contribution in [0.25, 0.3) is 10.6 Å². The summed E-state index contributed by atoms with van der Waals surface area (Å²) in [6, 6.07) is 7.45. The molecular weight excluding hydrogens is 612 g/mol. The maximum Gasteiger partial charge on any atom is 0.420 e. The second-order valence-corrected chi connectivity index (χ2v) is 15.4. The summed E-state index contributed by atoms with van der Waals surface area (Å²) in [7, 11) is -3.87. The number of alkyl halides is 3. The van der Waals surface area contributed by atoms with Gasteiger partial charge in [-0.15, -0.1) is 11.3 Å². The van der Waals surface area contributed by atoms with Crippen molar-refractivity contribution in [3.05, 3.63) is 52.0 Å². The first-order valence-electron chi connectivity index (χ1n) is 15.3. The summed E-state index contributed by atoms with van der Waals surface area (Å²) in [6.45, 7) is 5.45. The van der Waals surface area contributed by atoms with Gasteiger partial charge in [0.15, 0.2) is 9.84 Å². The fraction of sp³-hybridized carbons (Fsp3) is 0.516. The van der Waals surface area contributed by atoms with Crippen molar-refractivity contribution in [2.75, 3.05) is 37.2 Å². The van der Waals surface area contributed by atoms with Crippen molar-refractivity contribution in [3.63, 3.8) is 0 Å². The van der Waals surface area contributed by atoms with Gasteiger partial charge in [-0.2, -0.15) is 13.2 Å². The molecule has 1 aromatic carbocycles. The van der Waals surface area contributed by atoms with Gasteiger partial charge in [0, 0.05) is 24.5 Å². The predicted octanol–water partition coefficient (Wildman–Crippen LogP) is 6.44. The van der Waals surface area contributed by atoms with E-state index >= 15 is 0 Å². The van der Waals surface area contributed by atoms with Gasteiger partial charge in [0.25, 0.3) is 5.91 Å². The van der Waals surface area contributed by atoms with E-state index in [0.717, 1.165) is 86.9 Å². The summed E-state index contributed by atoms with van der Waals surface area (Å²) >= 11 is 0.752. The van der Waals surface area contributed by atoms with Gasteiger partial charge >= 0.3 is 6.18 Å². The summed E-state index contributed by atoms with van der Waals surface area (Å²) in [5.41, 5.74) is 1.63. The molecule has 1 N–H and O–H groups in total. The van der Waals surface area contributed by atoms with Crippen LogP contribution in [0.2, 0.25) is 0 Å². The number of amides is 1. The average molecular weight is 646 g/mol. The zero-order valence-electron chi connectivity index (χ0n) is 24.4. The van der Waals surface area contributed by atoms with Crippen molar-refractivity contribution in [1.82, 2.24) is 19.8 Å². The number of nitrogens with one attached hydrogen (secondary N) is 1. The normalized spacial score (nSPS) is 21.3. The molecule has 2 saturated carbocycles. The second-order valence-electron chi connectivity index (χ2n) is 12.3. The number of hydrogen-bond donors (Lipinski definition) is 1. The van der Waals surface area contributed by atoms with Gasteiger partial charge < -0.3 is 15.1 Å². The molecule has 2 aliphatic carbocycles. The first-order chi connectivity index (χ1) is 21.0. The van der Waals surface area contributed by atoms with Crippen molar-refractivity contribution >= 4 is 38.7 Å². The molecule has 0 bridgehead atoms. The van der Waals surface area contributed by atoms with Crippen LogP contribution in [0, 0.1) is 0 Å². The third-order valence-electron chi connectivity index (χ3n) is 9.25. The number of hydrogen-bond acceptors (Lipinski definition) is 8. The van der Waals surface area contributed by atoms with E-state index in [-0.39, 0.29) is 38.9 Å². The minimum Gasteiger partial charge on any atom is -0.334 e. The van der Waals surface area contributed by atoms with E-state index in [1.807, 2.05) is 6.07 Å². The van der Waals surface area contributed by atoms with Gasteiger partial charge in [0.05, 0.1) is 21.2 Å². The van der Waals surface area contributed by atoms with E-state index in [1.54, 1.807) is 0 Å². The number of thiophene rings is 1. The molecule has 2 aliphatic heterocycles. The molecule has 44 heavy (non-hydrogen) atoms. The highest BCUT2D eigenvalue weighted by Crippen LogP contribution is 2.46. The van der Waals surface area contributed by atoms with E-state index in [4.69, 9.17) is 0 Å². The van der Waals surface area contributed by atoms with Crippen LogP contribution in [0.4, 0.5) is 24.8 Å². The standard InChI is InChI=1S/C31H34F3N5O3S2/c1-2-38-11-9-18(10-12-38)20-5-8-24(22(15-20)19-3-4-19)36-30-35-17-23(31(32,33)34)27(37-30)25-16-26-28(43-25)29(40)39(21-6-7-21)13-14-44(26,41)42/h5,8,15-19,21H,2-4,6-7,9-14H2,1H3,(H,35,36,37). The van der Waals surface area contributed by atoms with Crippen molar-refractivity contribution in [2.45, 2.75) is 74.4 Å². The van der Waals surface area contributed by atoms with E-state index in [1.165, 1.54) is 16.5 Å². The number of piperidine rings is 1. The molecule has 4 aliphatic rings. The SMILES string of the molecule is CCN1CCC(c2ccc(Nc3ncc(C(F)(F)F)c(-c4cc5c(s4)C(=O)N(C4CC4)CCS5(=O)=O)n3)c(C3CC3)c2)CC1. The first-order valence-corrected chi connectivity index (χ1v) is 17.7. The zero-order valence-corrected chi connectivity index (χ0v) is 26.0. The van der Waals surface area contributed by atoms with Crippen LogP contribution in [0.1, 0.15) is 83.6 Å². The Bertz CT molecular complexity index is 1710. The molecule has 0 atom stereocenters. The van der Waals surface area contributed by atoms with Crippen LogP contribution in [-0.4, -0.2) is 72.1 Å². The van der Waals surface area contributed by atoms with Gasteiger partial charge in [0.1, 0.15) is 10.4 Å². The number of carbonyl (C=O) groups is 1. The third-order valence-corrected chi connectivity index (χ3v) is 12.2. The van der Waals surface area contributed by atoms with Gasteiger partial charge in [0.2, 0.25) is 5.95 Å². The number of fused-ring (bicyclic) bond motifs is 1. The molecule has 0 radical (unpaired) electrons. The Hall–Kier alpha value is -3.03. The summed E-state index contributed by atoms with van der Waals surface area (Å²) < 4.78 is 68.8. The molecule has 0 spiro atoms. The molecule has 7 rings (SSSR count). The topological polar surface area (TPSA) is 95.5 Å². The monoisotopic (exact) mass is 645 g/mol. The molecular formula is C31H34F3N5O3S2. The number of halogens is 3.